The van der Waals surface area contributed by atoms with Gasteiger partial charge in [0.25, 0.3) is 5.91 Å². The second kappa shape index (κ2) is 9.48. The number of nitrogens with two attached hydrogens (primary N) is 1. The summed E-state index contributed by atoms with van der Waals surface area (Å²) in [6.07, 6.45) is 7.31. The largest absolute Gasteiger partial charge is 0.389 e. The Kier molecular flexibility index (Phi) is 7.88. The molecule has 0 atom stereocenters. The molecule has 1 amide bonds. The first-order valence-electron chi connectivity index (χ1n) is 7.33. The summed E-state index contributed by atoms with van der Waals surface area (Å²) < 4.78 is 0. The van der Waals surface area contributed by atoms with Crippen LogP contribution in [0.4, 0.5) is 0 Å². The Morgan fingerprint density at radius 1 is 1.15 bits per heavy atom. The van der Waals surface area contributed by atoms with Crippen LogP contribution in [-0.4, -0.2) is 17.4 Å². The maximum atomic E-state index is 12.0. The Bertz CT molecular complexity index is 446. The smallest absolute Gasteiger partial charge is 0.251 e. The standard InChI is InChI=1S/C16H24N2OS/c1-2-3-4-5-6-7-11-18-16(19)14-10-8-9-13(12-14)15(17)20/h8-10,12H,2-7,11H2,1H3,(H2,17,20)(H,18,19). The van der Waals surface area contributed by atoms with Gasteiger partial charge >= 0.3 is 0 Å². The van der Waals surface area contributed by atoms with E-state index in [-0.39, 0.29) is 5.91 Å². The molecule has 0 spiro atoms. The minimum Gasteiger partial charge on any atom is -0.389 e. The number of hydrogen-bond donors (Lipinski definition) is 2. The van der Waals surface area contributed by atoms with Crippen molar-refractivity contribution in [2.75, 3.05) is 6.54 Å². The zero-order chi connectivity index (χ0) is 14.8. The molecule has 0 aliphatic heterocycles. The van der Waals surface area contributed by atoms with Crippen molar-refractivity contribution in [1.82, 2.24) is 5.32 Å². The van der Waals surface area contributed by atoms with Crippen molar-refractivity contribution in [2.45, 2.75) is 45.4 Å². The molecule has 0 aliphatic rings. The monoisotopic (exact) mass is 292 g/mol. The van der Waals surface area contributed by atoms with Gasteiger partial charge in [0.15, 0.2) is 0 Å². The molecule has 0 saturated carbocycles. The second-order valence-corrected chi connectivity index (χ2v) is 5.41. The van der Waals surface area contributed by atoms with Gasteiger partial charge in [0, 0.05) is 17.7 Å². The fourth-order valence-corrected chi connectivity index (χ4v) is 2.15. The molecule has 110 valence electrons. The third-order valence-corrected chi connectivity index (χ3v) is 3.46. The Morgan fingerprint density at radius 3 is 2.50 bits per heavy atom. The summed E-state index contributed by atoms with van der Waals surface area (Å²) in [6, 6.07) is 7.12. The molecule has 3 nitrogen and oxygen atoms in total. The number of nitrogens with one attached hydrogen (secondary N) is 1. The third kappa shape index (κ3) is 6.15. The second-order valence-electron chi connectivity index (χ2n) is 4.97. The van der Waals surface area contributed by atoms with Crippen molar-refractivity contribution >= 4 is 23.1 Å². The van der Waals surface area contributed by atoms with Gasteiger partial charge in [-0.1, -0.05) is 63.4 Å². The van der Waals surface area contributed by atoms with Crippen LogP contribution in [-0.2, 0) is 0 Å². The molecule has 1 rings (SSSR count). The minimum atomic E-state index is -0.0586. The van der Waals surface area contributed by atoms with Gasteiger partial charge in [-0.2, -0.15) is 0 Å². The van der Waals surface area contributed by atoms with E-state index in [0.717, 1.165) is 18.5 Å². The maximum Gasteiger partial charge on any atom is 0.251 e. The van der Waals surface area contributed by atoms with E-state index in [1.54, 1.807) is 18.2 Å². The molecule has 1 aromatic carbocycles. The molecule has 0 aliphatic carbocycles. The van der Waals surface area contributed by atoms with Crippen LogP contribution in [0.15, 0.2) is 24.3 Å². The molecule has 0 saturated heterocycles. The Hall–Kier alpha value is -1.42. The number of unbranched alkanes of at least 4 members (excludes halogenated alkanes) is 5. The number of rotatable bonds is 9. The fourth-order valence-electron chi connectivity index (χ4n) is 2.02. The first-order valence-corrected chi connectivity index (χ1v) is 7.74. The topological polar surface area (TPSA) is 55.1 Å². The molecular formula is C16H24N2OS. The van der Waals surface area contributed by atoms with Crippen molar-refractivity contribution < 1.29 is 4.79 Å². The maximum absolute atomic E-state index is 12.0. The summed E-state index contributed by atoms with van der Waals surface area (Å²) >= 11 is 4.91. The summed E-state index contributed by atoms with van der Waals surface area (Å²) in [4.78, 5) is 12.3. The van der Waals surface area contributed by atoms with Crippen molar-refractivity contribution in [1.29, 1.82) is 0 Å². The Morgan fingerprint density at radius 2 is 1.80 bits per heavy atom. The van der Waals surface area contributed by atoms with E-state index < -0.39 is 0 Å². The molecule has 0 fully saturated rings. The van der Waals surface area contributed by atoms with Gasteiger partial charge in [-0.15, -0.1) is 0 Å². The molecule has 3 N–H and O–H groups in total. The highest BCUT2D eigenvalue weighted by Crippen LogP contribution is 2.06. The lowest BCUT2D eigenvalue weighted by Crippen LogP contribution is -2.24. The zero-order valence-corrected chi connectivity index (χ0v) is 13.0. The first-order chi connectivity index (χ1) is 9.65. The lowest BCUT2D eigenvalue weighted by molar-refractivity contribution is 0.0953. The van der Waals surface area contributed by atoms with Crippen LogP contribution < -0.4 is 11.1 Å². The van der Waals surface area contributed by atoms with Crippen molar-refractivity contribution in [3.05, 3.63) is 35.4 Å². The van der Waals surface area contributed by atoms with Crippen LogP contribution >= 0.6 is 12.2 Å². The highest BCUT2D eigenvalue weighted by Gasteiger charge is 2.06. The van der Waals surface area contributed by atoms with Crippen LogP contribution in [0.1, 0.15) is 61.4 Å². The first kappa shape index (κ1) is 16.6. The van der Waals surface area contributed by atoms with Gasteiger partial charge in [0.1, 0.15) is 4.99 Å². The summed E-state index contributed by atoms with van der Waals surface area (Å²) in [7, 11) is 0. The zero-order valence-electron chi connectivity index (χ0n) is 12.2. The molecule has 0 heterocycles. The highest BCUT2D eigenvalue weighted by molar-refractivity contribution is 7.80. The number of thiocarbonyl (C=S) groups is 1. The third-order valence-electron chi connectivity index (χ3n) is 3.23. The van der Waals surface area contributed by atoms with Crippen LogP contribution in [0, 0.1) is 0 Å². The molecule has 0 unspecified atom stereocenters. The van der Waals surface area contributed by atoms with Gasteiger partial charge < -0.3 is 11.1 Å². The van der Waals surface area contributed by atoms with Gasteiger partial charge in [-0.05, 0) is 18.6 Å². The number of carbonyl (C=O) groups is 1. The predicted octanol–water partition coefficient (Wildman–Crippen LogP) is 3.41. The summed E-state index contributed by atoms with van der Waals surface area (Å²) in [5.41, 5.74) is 6.90. The van der Waals surface area contributed by atoms with Crippen LogP contribution in [0.2, 0.25) is 0 Å². The number of hydrogen-bond acceptors (Lipinski definition) is 2. The average Bonchev–Trinajstić information content (AvgIpc) is 2.46. The Balaban J connectivity index is 2.29. The molecule has 0 radical (unpaired) electrons. The summed E-state index contributed by atoms with van der Waals surface area (Å²) in [5.74, 6) is -0.0586. The molecule has 0 bridgehead atoms. The lowest BCUT2D eigenvalue weighted by atomic mass is 10.1. The van der Waals surface area contributed by atoms with E-state index in [4.69, 9.17) is 18.0 Å². The van der Waals surface area contributed by atoms with Gasteiger partial charge in [-0.3, -0.25) is 4.79 Å². The lowest BCUT2D eigenvalue weighted by Gasteiger charge is -2.06. The Labute approximate surface area is 126 Å². The molecule has 1 aromatic rings. The number of carbonyl (C=O) groups excluding carboxylic acids is 1. The van der Waals surface area contributed by atoms with Crippen LogP contribution in [0.5, 0.6) is 0 Å². The van der Waals surface area contributed by atoms with Gasteiger partial charge in [0.05, 0.1) is 0 Å². The van der Waals surface area contributed by atoms with E-state index in [9.17, 15) is 4.79 Å². The highest BCUT2D eigenvalue weighted by atomic mass is 32.1. The van der Waals surface area contributed by atoms with E-state index in [0.29, 0.717) is 10.6 Å². The van der Waals surface area contributed by atoms with E-state index in [1.165, 1.54) is 32.1 Å². The van der Waals surface area contributed by atoms with Gasteiger partial charge in [-0.25, -0.2) is 0 Å². The molecule has 0 aromatic heterocycles. The number of benzene rings is 1. The minimum absolute atomic E-state index is 0.0586. The molecule has 4 heteroatoms. The van der Waals surface area contributed by atoms with E-state index >= 15 is 0 Å². The summed E-state index contributed by atoms with van der Waals surface area (Å²) in [6.45, 7) is 2.93. The van der Waals surface area contributed by atoms with Crippen molar-refractivity contribution in [3.8, 4) is 0 Å². The van der Waals surface area contributed by atoms with E-state index in [1.807, 2.05) is 6.07 Å². The number of amides is 1. The van der Waals surface area contributed by atoms with Gasteiger partial charge in [0.2, 0.25) is 0 Å². The SMILES string of the molecule is CCCCCCCCNC(=O)c1cccc(C(N)=S)c1. The summed E-state index contributed by atoms with van der Waals surface area (Å²) in [5, 5.41) is 2.93. The fraction of sp³-hybridized carbons (Fsp3) is 0.500. The van der Waals surface area contributed by atoms with E-state index in [2.05, 4.69) is 12.2 Å². The van der Waals surface area contributed by atoms with Crippen molar-refractivity contribution in [3.63, 3.8) is 0 Å². The molecule has 20 heavy (non-hydrogen) atoms. The average molecular weight is 292 g/mol. The van der Waals surface area contributed by atoms with Crippen LogP contribution in [0.3, 0.4) is 0 Å². The van der Waals surface area contributed by atoms with Crippen molar-refractivity contribution in [2.24, 2.45) is 5.73 Å². The van der Waals surface area contributed by atoms with Crippen LogP contribution in [0.25, 0.3) is 0 Å². The predicted molar refractivity (Wildman–Crippen MR) is 88.0 cm³/mol. The quantitative estimate of drug-likeness (QED) is 0.542. The molecular weight excluding hydrogens is 268 g/mol. The normalized spacial score (nSPS) is 10.2.